The Kier molecular flexibility index (Phi) is 17.8. The molecule has 0 N–H and O–H groups in total. The molecule has 14 aromatic carbocycles. The fraction of sp³-hybridized carbons (Fsp3) is 0.0204. The second-order valence-corrected chi connectivity index (χ2v) is 28.2. The Labute approximate surface area is 669 Å². The summed E-state index contributed by atoms with van der Waals surface area (Å²) in [6.07, 6.45) is -10.2. The number of alkyl halides is 6. The Balaban J connectivity index is 0.878. The summed E-state index contributed by atoms with van der Waals surface area (Å²) in [4.78, 5) is 60.7. The first-order chi connectivity index (χ1) is 57.7. The maximum atomic E-state index is 18.3. The Bertz CT molecular complexity index is 6650. The average Bonchev–Trinajstić information content (AvgIpc) is 1.54. The molecule has 0 aliphatic rings. The van der Waals surface area contributed by atoms with Crippen LogP contribution in [0.25, 0.3) is 203 Å². The van der Waals surface area contributed by atoms with Gasteiger partial charge in [-0.05, 0) is 96.6 Å². The van der Waals surface area contributed by atoms with E-state index in [0.29, 0.717) is 124 Å². The Hall–Kier alpha value is -15.7. The highest BCUT2D eigenvalue weighted by Gasteiger charge is 2.41. The van der Waals surface area contributed by atoms with Crippen LogP contribution in [0.4, 0.5) is 26.3 Å². The molecule has 0 atom stereocenters. The smallest absolute Gasteiger partial charge is 0.309 e. The zero-order chi connectivity index (χ0) is 79.6. The molecule has 0 radical (unpaired) electrons. The highest BCUT2D eigenvalue weighted by molar-refractivity contribution is 6.14. The minimum atomic E-state index is -5.31. The SMILES string of the molecule is FC(F)(F)c1cccc(-c2ccc(-n3c4ccc(-c5nc(-c6ccccc6)nc(-c6ccccc6)n5)cc4c4cc(-c5nc(-c6ccccc6)nc(-c6ccccc6)n5)ccc43)c(C(F)(F)F)c2-n2c3ccc(-c4nc(-c5ccccc5)nc(-c5ccccc5)n4)cc3c3cc(-c4nc(-c5ccccc5)nc(-c5ccccc5)n4)ccc32)c1. The highest BCUT2D eigenvalue weighted by atomic mass is 19.4. The van der Waals surface area contributed by atoms with Gasteiger partial charge in [-0.3, -0.25) is 0 Å². The molecule has 0 unspecified atom stereocenters. The van der Waals surface area contributed by atoms with Crippen LogP contribution < -0.4 is 0 Å². The molecule has 0 spiro atoms. The van der Waals surface area contributed by atoms with Gasteiger partial charge in [0.1, 0.15) is 5.56 Å². The van der Waals surface area contributed by atoms with E-state index in [1.165, 1.54) is 28.8 Å². The van der Waals surface area contributed by atoms with E-state index >= 15 is 26.3 Å². The lowest BCUT2D eigenvalue weighted by Crippen LogP contribution is -2.17. The molecule has 0 saturated carbocycles. The van der Waals surface area contributed by atoms with Gasteiger partial charge in [-0.2, -0.15) is 26.3 Å². The van der Waals surface area contributed by atoms with Crippen molar-refractivity contribution in [1.82, 2.24) is 68.9 Å². The van der Waals surface area contributed by atoms with Crippen molar-refractivity contribution in [3.63, 3.8) is 0 Å². The molecule has 6 heterocycles. The molecule has 20 rings (SSSR count). The Morgan fingerprint density at radius 3 is 0.653 bits per heavy atom. The third kappa shape index (κ3) is 13.4. The summed E-state index contributed by atoms with van der Waals surface area (Å²) in [5.41, 5.74) is 5.28. The third-order valence-corrected chi connectivity index (χ3v) is 20.8. The molecular weight excluding hydrogens is 1490 g/mol. The number of halogens is 6. The number of aromatic nitrogens is 14. The summed E-state index contributed by atoms with van der Waals surface area (Å²) in [6, 6.07) is 104. The molecule has 0 saturated heterocycles. The lowest BCUT2D eigenvalue weighted by Gasteiger charge is -2.24. The van der Waals surface area contributed by atoms with Gasteiger partial charge in [0.25, 0.3) is 0 Å². The first kappa shape index (κ1) is 71.3. The van der Waals surface area contributed by atoms with Gasteiger partial charge in [0.15, 0.2) is 69.9 Å². The van der Waals surface area contributed by atoms with Gasteiger partial charge in [-0.25, -0.2) is 59.8 Å². The number of nitrogens with zero attached hydrogens (tertiary/aromatic N) is 14. The van der Waals surface area contributed by atoms with Crippen LogP contribution in [-0.4, -0.2) is 68.9 Å². The van der Waals surface area contributed by atoms with Crippen molar-refractivity contribution >= 4 is 43.6 Å². The average molecular weight is 1550 g/mol. The standard InChI is InChI=1S/C98H58F6N14/c99-97(100,101)72-43-25-42-67(54-72)73-48-53-82(117-78-49-44-68(93-109-85(59-26-9-1-10-27-59)105-86(110-93)60-28-11-2-12-29-60)55-74(78)75-56-69(45-50-79(75)117)94-111-87(61-30-13-3-14-31-61)106-88(112-94)62-32-15-4-16-33-62)83(98(102,103)104)84(73)118-80-51-46-70(95-113-89(63-34-17-5-18-35-63)107-90(114-95)64-36-19-6-20-37-64)57-76(80)77-58-71(47-52-81(77)118)96-115-91(65-38-21-7-22-39-65)108-92(116-96)66-40-23-8-24-41-66/h1-58H. The van der Waals surface area contributed by atoms with Crippen molar-refractivity contribution < 1.29 is 26.3 Å². The topological polar surface area (TPSA) is 165 Å². The van der Waals surface area contributed by atoms with E-state index in [9.17, 15) is 0 Å². The van der Waals surface area contributed by atoms with Gasteiger partial charge in [0.2, 0.25) is 0 Å². The molecule has 118 heavy (non-hydrogen) atoms. The van der Waals surface area contributed by atoms with Crippen molar-refractivity contribution in [2.75, 3.05) is 0 Å². The van der Waals surface area contributed by atoms with Crippen LogP contribution >= 0.6 is 0 Å². The minimum absolute atomic E-state index is 0.148. The molecule has 562 valence electrons. The summed E-state index contributed by atoms with van der Waals surface area (Å²) in [5, 5.41) is 1.77. The van der Waals surface area contributed by atoms with Crippen molar-refractivity contribution in [3.8, 4) is 159 Å². The van der Waals surface area contributed by atoms with E-state index in [4.69, 9.17) is 59.8 Å². The first-order valence-electron chi connectivity index (χ1n) is 37.8. The summed E-state index contributed by atoms with van der Waals surface area (Å²) >= 11 is 0. The molecule has 0 fully saturated rings. The molecule has 0 aliphatic heterocycles. The molecule has 6 aromatic heterocycles. The Morgan fingerprint density at radius 1 is 0.186 bits per heavy atom. The quantitative estimate of drug-likeness (QED) is 0.0894. The molecule has 20 heteroatoms. The van der Waals surface area contributed by atoms with Gasteiger partial charge in [-0.15, -0.1) is 0 Å². The van der Waals surface area contributed by atoms with E-state index in [1.54, 1.807) is 53.1 Å². The van der Waals surface area contributed by atoms with Gasteiger partial charge in [0.05, 0.1) is 39.0 Å². The number of fused-ring (bicyclic) bond motifs is 6. The second-order valence-electron chi connectivity index (χ2n) is 28.2. The molecule has 0 amide bonds. The fourth-order valence-corrected chi connectivity index (χ4v) is 15.2. The van der Waals surface area contributed by atoms with Crippen LogP contribution in [0.3, 0.4) is 0 Å². The lowest BCUT2D eigenvalue weighted by atomic mass is 9.95. The second kappa shape index (κ2) is 29.4. The first-order valence-corrected chi connectivity index (χ1v) is 37.8. The van der Waals surface area contributed by atoms with Crippen LogP contribution in [0.5, 0.6) is 0 Å². The Morgan fingerprint density at radius 2 is 0.415 bits per heavy atom. The van der Waals surface area contributed by atoms with Gasteiger partial charge in [0, 0.05) is 93.9 Å². The zero-order valence-electron chi connectivity index (χ0n) is 62.0. The molecule has 14 nitrogen and oxygen atoms in total. The third-order valence-electron chi connectivity index (χ3n) is 20.8. The van der Waals surface area contributed by atoms with Crippen LogP contribution in [0.1, 0.15) is 11.1 Å². The predicted octanol–water partition coefficient (Wildman–Crippen LogP) is 24.3. The minimum Gasteiger partial charge on any atom is -0.309 e. The maximum absolute atomic E-state index is 18.3. The van der Waals surface area contributed by atoms with Crippen molar-refractivity contribution in [2.45, 2.75) is 12.4 Å². The number of hydrogen-bond donors (Lipinski definition) is 0. The van der Waals surface area contributed by atoms with Crippen LogP contribution in [0, 0.1) is 0 Å². The zero-order valence-corrected chi connectivity index (χ0v) is 62.0. The fourth-order valence-electron chi connectivity index (χ4n) is 15.2. The van der Waals surface area contributed by atoms with E-state index in [2.05, 4.69) is 0 Å². The van der Waals surface area contributed by atoms with Gasteiger partial charge >= 0.3 is 12.4 Å². The van der Waals surface area contributed by atoms with Crippen LogP contribution in [-0.2, 0) is 12.4 Å². The van der Waals surface area contributed by atoms with Crippen molar-refractivity contribution in [2.24, 2.45) is 0 Å². The van der Waals surface area contributed by atoms with E-state index < -0.39 is 29.2 Å². The molecule has 0 aliphatic carbocycles. The van der Waals surface area contributed by atoms with Crippen molar-refractivity contribution in [1.29, 1.82) is 0 Å². The summed E-state index contributed by atoms with van der Waals surface area (Å²) in [7, 11) is 0. The molecule has 0 bridgehead atoms. The highest BCUT2D eigenvalue weighted by Crippen LogP contribution is 2.50. The predicted molar refractivity (Wildman–Crippen MR) is 449 cm³/mol. The summed E-state index contributed by atoms with van der Waals surface area (Å²) in [5.74, 6) is 4.03. The van der Waals surface area contributed by atoms with Crippen LogP contribution in [0.2, 0.25) is 0 Å². The van der Waals surface area contributed by atoms with E-state index in [-0.39, 0.29) is 51.1 Å². The van der Waals surface area contributed by atoms with E-state index in [1.807, 2.05) is 267 Å². The molecule has 20 aromatic rings. The van der Waals surface area contributed by atoms with Crippen LogP contribution in [0.15, 0.2) is 352 Å². The number of hydrogen-bond acceptors (Lipinski definition) is 12. The monoisotopic (exact) mass is 1540 g/mol. The number of rotatable bonds is 15. The van der Waals surface area contributed by atoms with E-state index in [0.717, 1.165) is 34.4 Å². The summed E-state index contributed by atoms with van der Waals surface area (Å²) in [6.45, 7) is 0. The van der Waals surface area contributed by atoms with Crippen molar-refractivity contribution in [3.05, 3.63) is 363 Å². The van der Waals surface area contributed by atoms with Gasteiger partial charge < -0.3 is 9.13 Å². The normalized spacial score (nSPS) is 11.8. The number of benzene rings is 14. The summed E-state index contributed by atoms with van der Waals surface area (Å²) < 4.78 is 104. The van der Waals surface area contributed by atoms with Gasteiger partial charge in [-0.1, -0.05) is 261 Å². The lowest BCUT2D eigenvalue weighted by molar-refractivity contribution is -0.138. The maximum Gasteiger partial charge on any atom is 0.420 e. The molecular formula is C98H58F6N14. The largest absolute Gasteiger partial charge is 0.420 e.